The molecule has 3 N–H and O–H groups in total. The van der Waals surface area contributed by atoms with Gasteiger partial charge in [0.15, 0.2) is 0 Å². The molecule has 1 heterocycles. The van der Waals surface area contributed by atoms with E-state index in [1.54, 1.807) is 12.1 Å². The number of phenols is 1. The molecule has 7 nitrogen and oxygen atoms in total. The predicted octanol–water partition coefficient (Wildman–Crippen LogP) is 6.24. The van der Waals surface area contributed by atoms with Gasteiger partial charge in [0.1, 0.15) is 5.75 Å². The van der Waals surface area contributed by atoms with E-state index in [4.69, 9.17) is 0 Å². The number of carboxylic acid groups (broad SMARTS) is 1. The van der Waals surface area contributed by atoms with Crippen molar-refractivity contribution < 1.29 is 15.0 Å². The van der Waals surface area contributed by atoms with E-state index in [0.717, 1.165) is 35.1 Å². The van der Waals surface area contributed by atoms with Gasteiger partial charge in [0.2, 0.25) is 5.82 Å². The lowest BCUT2D eigenvalue weighted by Gasteiger charge is -2.19. The van der Waals surface area contributed by atoms with Crippen LogP contribution in [0.5, 0.6) is 5.75 Å². The molecule has 38 heavy (non-hydrogen) atoms. The Kier molecular flexibility index (Phi) is 8.56. The summed E-state index contributed by atoms with van der Waals surface area (Å²) in [6.45, 7) is 8.61. The molecule has 198 valence electrons. The smallest absolute Gasteiger partial charge is 0.335 e. The van der Waals surface area contributed by atoms with Crippen molar-refractivity contribution in [2.24, 2.45) is 11.8 Å². The van der Waals surface area contributed by atoms with Crippen molar-refractivity contribution in [3.8, 4) is 17.1 Å². The fourth-order valence-electron chi connectivity index (χ4n) is 5.34. The van der Waals surface area contributed by atoms with Crippen LogP contribution in [0.15, 0.2) is 60.7 Å². The number of nitrogens with one attached hydrogen (secondary N) is 1. The monoisotopic (exact) mass is 512 g/mol. The van der Waals surface area contributed by atoms with Crippen LogP contribution in [0.2, 0.25) is 0 Å². The Hall–Kier alpha value is -4.00. The number of aromatic nitrogens is 4. The van der Waals surface area contributed by atoms with Gasteiger partial charge in [-0.3, -0.25) is 0 Å². The number of hydrogen-bond donors (Lipinski definition) is 3. The maximum atomic E-state index is 11.6. The van der Waals surface area contributed by atoms with E-state index < -0.39 is 5.97 Å². The average Bonchev–Trinajstić information content (AvgIpc) is 3.41. The summed E-state index contributed by atoms with van der Waals surface area (Å²) in [6.07, 6.45) is 2.85. The maximum Gasteiger partial charge on any atom is 0.335 e. The molecule has 0 spiro atoms. The van der Waals surface area contributed by atoms with Gasteiger partial charge in [0.25, 0.3) is 0 Å². The minimum absolute atomic E-state index is 0.172. The van der Waals surface area contributed by atoms with Crippen LogP contribution >= 0.6 is 0 Å². The first-order valence-electron chi connectivity index (χ1n) is 13.2. The first kappa shape index (κ1) is 27.0. The highest BCUT2D eigenvalue weighted by Gasteiger charge is 2.20. The SMILES string of the molecule is CC(Cc1ccccc1C(=O)O)Cc1cccc(CC(C)Cc2cccc(C(C)C)c2-c2nn[nH]n2)c1O. The van der Waals surface area contributed by atoms with Crippen LogP contribution in [0.25, 0.3) is 11.4 Å². The van der Waals surface area contributed by atoms with E-state index in [2.05, 4.69) is 66.5 Å². The highest BCUT2D eigenvalue weighted by molar-refractivity contribution is 5.89. The third-order valence-corrected chi connectivity index (χ3v) is 7.10. The van der Waals surface area contributed by atoms with Crippen molar-refractivity contribution in [3.05, 3.63) is 94.0 Å². The number of carboxylic acids is 1. The highest BCUT2D eigenvalue weighted by Crippen LogP contribution is 2.33. The van der Waals surface area contributed by atoms with Crippen molar-refractivity contribution in [2.45, 2.75) is 59.3 Å². The Morgan fingerprint density at radius 3 is 1.95 bits per heavy atom. The van der Waals surface area contributed by atoms with Crippen molar-refractivity contribution in [1.82, 2.24) is 20.6 Å². The van der Waals surface area contributed by atoms with E-state index in [-0.39, 0.29) is 11.8 Å². The number of aromatic amines is 1. The minimum Gasteiger partial charge on any atom is -0.507 e. The summed E-state index contributed by atoms with van der Waals surface area (Å²) in [5, 5.41) is 35.5. The molecular weight excluding hydrogens is 476 g/mol. The molecule has 4 aromatic rings. The molecule has 0 bridgehead atoms. The molecule has 4 rings (SSSR count). The van der Waals surface area contributed by atoms with E-state index in [0.29, 0.717) is 35.9 Å². The number of nitrogens with zero attached hydrogens (tertiary/aromatic N) is 3. The number of carbonyl (C=O) groups is 1. The third-order valence-electron chi connectivity index (χ3n) is 7.10. The third kappa shape index (κ3) is 6.28. The quantitative estimate of drug-likeness (QED) is 0.219. The second kappa shape index (κ2) is 12.0. The zero-order chi connectivity index (χ0) is 27.2. The largest absolute Gasteiger partial charge is 0.507 e. The Morgan fingerprint density at radius 2 is 1.34 bits per heavy atom. The number of aromatic carboxylic acids is 1. The second-order valence-corrected chi connectivity index (χ2v) is 10.7. The number of hydrogen-bond acceptors (Lipinski definition) is 5. The summed E-state index contributed by atoms with van der Waals surface area (Å²) in [5.74, 6) is 0.804. The normalized spacial score (nSPS) is 13.0. The number of benzene rings is 3. The molecular formula is C31H36N4O3. The zero-order valence-electron chi connectivity index (χ0n) is 22.5. The van der Waals surface area contributed by atoms with Crippen LogP contribution in [0.4, 0.5) is 0 Å². The molecule has 2 atom stereocenters. The molecule has 0 aliphatic rings. The lowest BCUT2D eigenvalue weighted by atomic mass is 9.86. The van der Waals surface area contributed by atoms with Crippen LogP contribution in [-0.2, 0) is 25.7 Å². The van der Waals surface area contributed by atoms with Crippen LogP contribution in [0.1, 0.15) is 71.8 Å². The summed E-state index contributed by atoms with van der Waals surface area (Å²) in [6, 6.07) is 19.4. The molecule has 0 radical (unpaired) electrons. The van der Waals surface area contributed by atoms with Gasteiger partial charge in [0.05, 0.1) is 5.56 Å². The number of para-hydroxylation sites is 1. The van der Waals surface area contributed by atoms with Gasteiger partial charge in [-0.2, -0.15) is 5.21 Å². The average molecular weight is 513 g/mol. The second-order valence-electron chi connectivity index (χ2n) is 10.7. The lowest BCUT2D eigenvalue weighted by molar-refractivity contribution is 0.0695. The Labute approximate surface area is 224 Å². The van der Waals surface area contributed by atoms with E-state index in [1.807, 2.05) is 30.3 Å². The molecule has 2 unspecified atom stereocenters. The van der Waals surface area contributed by atoms with E-state index in [1.165, 1.54) is 11.1 Å². The first-order valence-corrected chi connectivity index (χ1v) is 13.2. The number of rotatable bonds is 11. The van der Waals surface area contributed by atoms with Gasteiger partial charge in [0, 0.05) is 5.56 Å². The number of aromatic hydroxyl groups is 1. The fraction of sp³-hybridized carbons (Fsp3) is 0.355. The molecule has 0 amide bonds. The van der Waals surface area contributed by atoms with Gasteiger partial charge >= 0.3 is 5.97 Å². The van der Waals surface area contributed by atoms with Crippen LogP contribution in [-0.4, -0.2) is 36.8 Å². The Balaban J connectivity index is 1.49. The van der Waals surface area contributed by atoms with E-state index in [9.17, 15) is 15.0 Å². The molecule has 3 aromatic carbocycles. The molecule has 0 fully saturated rings. The standard InChI is InChI=1S/C31H36N4O3/c1-19(2)26-14-8-10-23(28(26)30-32-34-35-33-30)16-21(4)18-25-12-7-11-24(29(25)36)17-20(3)15-22-9-5-6-13-27(22)31(37)38/h5-14,19-21,36H,15-18H2,1-4H3,(H,37,38)(H,32,33,34,35). The molecule has 0 aliphatic carbocycles. The van der Waals surface area contributed by atoms with Crippen LogP contribution < -0.4 is 0 Å². The first-order chi connectivity index (χ1) is 18.2. The van der Waals surface area contributed by atoms with Gasteiger partial charge in [-0.25, -0.2) is 4.79 Å². The number of H-pyrrole nitrogens is 1. The van der Waals surface area contributed by atoms with Crippen molar-refractivity contribution in [3.63, 3.8) is 0 Å². The van der Waals surface area contributed by atoms with Crippen LogP contribution in [0, 0.1) is 11.8 Å². The zero-order valence-corrected chi connectivity index (χ0v) is 22.5. The molecule has 0 saturated carbocycles. The van der Waals surface area contributed by atoms with Gasteiger partial charge < -0.3 is 10.2 Å². The molecule has 1 aromatic heterocycles. The van der Waals surface area contributed by atoms with Crippen LogP contribution in [0.3, 0.4) is 0 Å². The van der Waals surface area contributed by atoms with Crippen molar-refractivity contribution in [1.29, 1.82) is 0 Å². The van der Waals surface area contributed by atoms with Crippen molar-refractivity contribution >= 4 is 5.97 Å². The number of phenolic OH excluding ortho intramolecular Hbond substituents is 1. The molecule has 0 saturated heterocycles. The lowest BCUT2D eigenvalue weighted by Crippen LogP contribution is -2.10. The maximum absolute atomic E-state index is 11.6. The summed E-state index contributed by atoms with van der Waals surface area (Å²) >= 11 is 0. The van der Waals surface area contributed by atoms with Gasteiger partial charge in [-0.15, -0.1) is 10.2 Å². The highest BCUT2D eigenvalue weighted by atomic mass is 16.4. The van der Waals surface area contributed by atoms with Gasteiger partial charge in [-0.1, -0.05) is 82.3 Å². The molecule has 0 aliphatic heterocycles. The van der Waals surface area contributed by atoms with Crippen molar-refractivity contribution in [2.75, 3.05) is 0 Å². The predicted molar refractivity (Wildman–Crippen MR) is 148 cm³/mol. The Morgan fingerprint density at radius 1 is 0.789 bits per heavy atom. The fourth-order valence-corrected chi connectivity index (χ4v) is 5.34. The van der Waals surface area contributed by atoms with Gasteiger partial charge in [-0.05, 0) is 82.5 Å². The minimum atomic E-state index is -0.909. The summed E-state index contributed by atoms with van der Waals surface area (Å²) < 4.78 is 0. The summed E-state index contributed by atoms with van der Waals surface area (Å²) in [5.41, 5.74) is 6.38. The summed E-state index contributed by atoms with van der Waals surface area (Å²) in [7, 11) is 0. The topological polar surface area (TPSA) is 112 Å². The summed E-state index contributed by atoms with van der Waals surface area (Å²) in [4.78, 5) is 11.6. The Bertz CT molecular complexity index is 1380. The number of tetrazole rings is 1. The molecule has 7 heteroatoms. The van der Waals surface area contributed by atoms with E-state index >= 15 is 0 Å².